The third-order valence-corrected chi connectivity index (χ3v) is 3.77. The van der Waals surface area contributed by atoms with E-state index in [-0.39, 0.29) is 0 Å². The Morgan fingerprint density at radius 1 is 1.44 bits per heavy atom. The van der Waals surface area contributed by atoms with Crippen molar-refractivity contribution in [2.75, 3.05) is 6.54 Å². The lowest BCUT2D eigenvalue weighted by Gasteiger charge is -2.30. The summed E-state index contributed by atoms with van der Waals surface area (Å²) < 4.78 is 5.00. The number of nitrogens with zero attached hydrogens (tertiary/aromatic N) is 2. The zero-order chi connectivity index (χ0) is 12.8. The van der Waals surface area contributed by atoms with Crippen LogP contribution in [0.3, 0.4) is 0 Å². The maximum Gasteiger partial charge on any atom is 0.227 e. The molecule has 1 N–H and O–H groups in total. The number of hydrogen-bond acceptors (Lipinski definition) is 4. The first-order chi connectivity index (χ1) is 8.74. The van der Waals surface area contributed by atoms with Crippen molar-refractivity contribution in [2.45, 2.75) is 58.4 Å². The maximum atomic E-state index is 5.00. The van der Waals surface area contributed by atoms with E-state index in [1.54, 1.807) is 0 Å². The Bertz CT molecular complexity index is 324. The van der Waals surface area contributed by atoms with Gasteiger partial charge in [0.1, 0.15) is 0 Å². The van der Waals surface area contributed by atoms with E-state index in [1.807, 2.05) is 0 Å². The first kappa shape index (κ1) is 13.5. The molecule has 1 saturated carbocycles. The molecule has 0 bridgehead atoms. The van der Waals surface area contributed by atoms with Crippen LogP contribution in [0.1, 0.15) is 51.8 Å². The van der Waals surface area contributed by atoms with Crippen LogP contribution in [0, 0.1) is 11.8 Å². The molecule has 18 heavy (non-hydrogen) atoms. The minimum atomic E-state index is 0.686. The smallest absolute Gasteiger partial charge is 0.227 e. The van der Waals surface area contributed by atoms with Crippen LogP contribution in [0.2, 0.25) is 0 Å². The Kier molecular flexibility index (Phi) is 5.17. The van der Waals surface area contributed by atoms with Crippen LogP contribution in [-0.4, -0.2) is 22.7 Å². The zero-order valence-corrected chi connectivity index (χ0v) is 11.6. The molecule has 1 aliphatic carbocycles. The van der Waals surface area contributed by atoms with Crippen molar-refractivity contribution in [3.8, 4) is 0 Å². The Morgan fingerprint density at radius 2 is 2.33 bits per heavy atom. The van der Waals surface area contributed by atoms with Crippen LogP contribution in [0.15, 0.2) is 10.9 Å². The van der Waals surface area contributed by atoms with Gasteiger partial charge in [-0.2, -0.15) is 4.98 Å². The average molecular weight is 251 g/mol. The van der Waals surface area contributed by atoms with E-state index < -0.39 is 0 Å². The SMILES string of the molecule is CC(C)CC1CCCC(NCCc2ncno2)C1. The van der Waals surface area contributed by atoms with Gasteiger partial charge in [-0.1, -0.05) is 31.8 Å². The van der Waals surface area contributed by atoms with Gasteiger partial charge in [-0.25, -0.2) is 0 Å². The van der Waals surface area contributed by atoms with Gasteiger partial charge in [0.15, 0.2) is 6.33 Å². The number of nitrogens with one attached hydrogen (secondary N) is 1. The maximum absolute atomic E-state index is 5.00. The van der Waals surface area contributed by atoms with Gasteiger partial charge in [-0.3, -0.25) is 0 Å². The summed E-state index contributed by atoms with van der Waals surface area (Å²) in [6.07, 6.45) is 9.12. The standard InChI is InChI=1S/C14H25N3O/c1-11(2)8-12-4-3-5-13(9-12)15-7-6-14-16-10-17-18-14/h10-13,15H,3-9H2,1-2H3. The molecule has 0 saturated heterocycles. The predicted molar refractivity (Wildman–Crippen MR) is 71.2 cm³/mol. The van der Waals surface area contributed by atoms with Gasteiger partial charge in [0.25, 0.3) is 0 Å². The molecule has 1 aromatic heterocycles. The molecule has 0 spiro atoms. The van der Waals surface area contributed by atoms with Crippen LogP contribution in [0.4, 0.5) is 0 Å². The molecular weight excluding hydrogens is 226 g/mol. The fourth-order valence-electron chi connectivity index (χ4n) is 3.05. The summed E-state index contributed by atoms with van der Waals surface area (Å²) in [5.74, 6) is 2.48. The van der Waals surface area contributed by atoms with E-state index >= 15 is 0 Å². The molecule has 1 aromatic rings. The number of aromatic nitrogens is 2. The minimum absolute atomic E-state index is 0.686. The molecule has 4 heteroatoms. The molecule has 0 amide bonds. The van der Waals surface area contributed by atoms with Crippen molar-refractivity contribution < 1.29 is 4.52 Å². The van der Waals surface area contributed by atoms with Gasteiger partial charge in [-0.15, -0.1) is 0 Å². The van der Waals surface area contributed by atoms with Crippen LogP contribution in [0.5, 0.6) is 0 Å². The van der Waals surface area contributed by atoms with Crippen LogP contribution >= 0.6 is 0 Å². The molecule has 1 heterocycles. The molecule has 0 aliphatic heterocycles. The lowest BCUT2D eigenvalue weighted by molar-refractivity contribution is 0.252. The summed E-state index contributed by atoms with van der Waals surface area (Å²) in [7, 11) is 0. The minimum Gasteiger partial charge on any atom is -0.340 e. The fourth-order valence-corrected chi connectivity index (χ4v) is 3.05. The largest absolute Gasteiger partial charge is 0.340 e. The van der Waals surface area contributed by atoms with Gasteiger partial charge in [-0.05, 0) is 31.1 Å². The molecule has 1 fully saturated rings. The van der Waals surface area contributed by atoms with Crippen molar-refractivity contribution in [1.82, 2.24) is 15.5 Å². The molecule has 2 unspecified atom stereocenters. The molecule has 0 radical (unpaired) electrons. The van der Waals surface area contributed by atoms with Crippen molar-refractivity contribution in [1.29, 1.82) is 0 Å². The quantitative estimate of drug-likeness (QED) is 0.844. The summed E-state index contributed by atoms with van der Waals surface area (Å²) in [6.45, 7) is 5.60. The second kappa shape index (κ2) is 6.88. The van der Waals surface area contributed by atoms with E-state index in [9.17, 15) is 0 Å². The normalized spacial score (nSPS) is 24.6. The van der Waals surface area contributed by atoms with Crippen LogP contribution < -0.4 is 5.32 Å². The van der Waals surface area contributed by atoms with E-state index in [0.717, 1.165) is 30.7 Å². The summed E-state index contributed by atoms with van der Waals surface area (Å²) in [5.41, 5.74) is 0. The Balaban J connectivity index is 1.66. The van der Waals surface area contributed by atoms with E-state index in [4.69, 9.17) is 4.52 Å². The Labute approximate surface area is 110 Å². The topological polar surface area (TPSA) is 51.0 Å². The van der Waals surface area contributed by atoms with Gasteiger partial charge < -0.3 is 9.84 Å². The van der Waals surface area contributed by atoms with Gasteiger partial charge in [0.05, 0.1) is 0 Å². The highest BCUT2D eigenvalue weighted by Crippen LogP contribution is 2.29. The lowest BCUT2D eigenvalue weighted by atomic mass is 9.81. The third-order valence-electron chi connectivity index (χ3n) is 3.77. The summed E-state index contributed by atoms with van der Waals surface area (Å²) in [5, 5.41) is 7.25. The van der Waals surface area contributed by atoms with Crippen LogP contribution in [-0.2, 0) is 6.42 Å². The van der Waals surface area contributed by atoms with Crippen molar-refractivity contribution in [2.24, 2.45) is 11.8 Å². The summed E-state index contributed by atoms with van der Waals surface area (Å²) in [4.78, 5) is 4.04. The molecule has 0 aromatic carbocycles. The third kappa shape index (κ3) is 4.41. The van der Waals surface area contributed by atoms with Gasteiger partial charge in [0.2, 0.25) is 5.89 Å². The van der Waals surface area contributed by atoms with Gasteiger partial charge in [0, 0.05) is 19.0 Å². The predicted octanol–water partition coefficient (Wildman–Crippen LogP) is 2.81. The van der Waals surface area contributed by atoms with E-state index in [0.29, 0.717) is 6.04 Å². The highest BCUT2D eigenvalue weighted by molar-refractivity contribution is 4.81. The van der Waals surface area contributed by atoms with E-state index in [2.05, 4.69) is 29.3 Å². The Hall–Kier alpha value is -0.900. The monoisotopic (exact) mass is 251 g/mol. The molecule has 4 nitrogen and oxygen atoms in total. The molecular formula is C14H25N3O. The molecule has 2 atom stereocenters. The Morgan fingerprint density at radius 3 is 3.06 bits per heavy atom. The van der Waals surface area contributed by atoms with Crippen LogP contribution in [0.25, 0.3) is 0 Å². The number of hydrogen-bond donors (Lipinski definition) is 1. The second-order valence-corrected chi connectivity index (χ2v) is 5.90. The molecule has 102 valence electrons. The molecule has 1 aliphatic rings. The summed E-state index contributed by atoms with van der Waals surface area (Å²) >= 11 is 0. The van der Waals surface area contributed by atoms with Crippen molar-refractivity contribution in [3.05, 3.63) is 12.2 Å². The average Bonchev–Trinajstić information content (AvgIpc) is 2.82. The first-order valence-electron chi connectivity index (χ1n) is 7.23. The highest BCUT2D eigenvalue weighted by Gasteiger charge is 2.22. The summed E-state index contributed by atoms with van der Waals surface area (Å²) in [6, 6.07) is 0.686. The zero-order valence-electron chi connectivity index (χ0n) is 11.6. The lowest BCUT2D eigenvalue weighted by Crippen LogP contribution is -2.35. The van der Waals surface area contributed by atoms with Gasteiger partial charge >= 0.3 is 0 Å². The second-order valence-electron chi connectivity index (χ2n) is 5.90. The van der Waals surface area contributed by atoms with Crippen molar-refractivity contribution in [3.63, 3.8) is 0 Å². The molecule has 2 rings (SSSR count). The first-order valence-corrected chi connectivity index (χ1v) is 7.23. The van der Waals surface area contributed by atoms with E-state index in [1.165, 1.54) is 38.4 Å². The van der Waals surface area contributed by atoms with Crippen molar-refractivity contribution >= 4 is 0 Å². The fraction of sp³-hybridized carbons (Fsp3) is 0.857. The number of rotatable bonds is 6. The highest BCUT2D eigenvalue weighted by atomic mass is 16.5.